The first-order valence-electron chi connectivity index (χ1n) is 9.65. The van der Waals surface area contributed by atoms with Crippen LogP contribution < -0.4 is 4.90 Å². The van der Waals surface area contributed by atoms with Crippen LogP contribution >= 0.6 is 11.8 Å². The van der Waals surface area contributed by atoms with E-state index in [0.29, 0.717) is 5.16 Å². The molecule has 0 aliphatic carbocycles. The minimum Gasteiger partial charge on any atom is -0.387 e. The van der Waals surface area contributed by atoms with Gasteiger partial charge in [0.25, 0.3) is 0 Å². The number of aromatic nitrogens is 3. The summed E-state index contributed by atoms with van der Waals surface area (Å²) in [6.45, 7) is 1.86. The van der Waals surface area contributed by atoms with Crippen LogP contribution in [0.1, 0.15) is 30.9 Å². The van der Waals surface area contributed by atoms with Crippen molar-refractivity contribution in [3.05, 3.63) is 65.7 Å². The Morgan fingerprint density at radius 1 is 1.00 bits per heavy atom. The topological polar surface area (TPSA) is 54.2 Å². The lowest BCUT2D eigenvalue weighted by molar-refractivity contribution is 0.198. The fourth-order valence-corrected chi connectivity index (χ4v) is 4.37. The Kier molecular flexibility index (Phi) is 6.10. The van der Waals surface area contributed by atoms with Gasteiger partial charge in [-0.25, -0.2) is 8.78 Å². The number of anilines is 1. The Labute approximate surface area is 172 Å². The average Bonchev–Trinajstić information content (AvgIpc) is 3.17. The highest BCUT2D eigenvalue weighted by Crippen LogP contribution is 2.31. The third-order valence-corrected chi connectivity index (χ3v) is 5.97. The molecule has 1 fully saturated rings. The largest absolute Gasteiger partial charge is 0.387 e. The van der Waals surface area contributed by atoms with Crippen molar-refractivity contribution in [1.29, 1.82) is 0 Å². The van der Waals surface area contributed by atoms with E-state index in [4.69, 9.17) is 0 Å². The average molecular weight is 416 g/mol. The molecule has 3 aromatic rings. The molecule has 2 heterocycles. The quantitative estimate of drug-likeness (QED) is 0.605. The van der Waals surface area contributed by atoms with Crippen LogP contribution in [0, 0.1) is 11.6 Å². The summed E-state index contributed by atoms with van der Waals surface area (Å²) in [4.78, 5) is 2.23. The summed E-state index contributed by atoms with van der Waals surface area (Å²) >= 11 is 1.29. The number of aliphatic hydroxyl groups is 1. The van der Waals surface area contributed by atoms with Crippen molar-refractivity contribution in [2.24, 2.45) is 0 Å². The number of hydrogen-bond donors (Lipinski definition) is 1. The number of piperidine rings is 1. The molecule has 0 amide bonds. The van der Waals surface area contributed by atoms with E-state index in [0.717, 1.165) is 49.7 Å². The Balaban J connectivity index is 1.59. The van der Waals surface area contributed by atoms with Gasteiger partial charge in [0.2, 0.25) is 5.95 Å². The number of aliphatic hydroxyl groups excluding tert-OH is 1. The molecule has 0 radical (unpaired) electrons. The molecule has 0 bridgehead atoms. The van der Waals surface area contributed by atoms with Crippen LogP contribution in [0.2, 0.25) is 0 Å². The van der Waals surface area contributed by atoms with Crippen LogP contribution in [0.15, 0.2) is 53.7 Å². The van der Waals surface area contributed by atoms with E-state index in [1.165, 1.54) is 24.2 Å². The van der Waals surface area contributed by atoms with Crippen LogP contribution in [-0.4, -0.2) is 38.7 Å². The highest BCUT2D eigenvalue weighted by atomic mass is 32.2. The molecule has 0 spiro atoms. The maximum Gasteiger partial charge on any atom is 0.232 e. The molecular weight excluding hydrogens is 394 g/mol. The molecule has 1 N–H and O–H groups in total. The number of thioether (sulfide) groups is 1. The molecule has 5 nitrogen and oxygen atoms in total. The zero-order valence-electron chi connectivity index (χ0n) is 15.8. The molecule has 8 heteroatoms. The van der Waals surface area contributed by atoms with E-state index in [1.807, 2.05) is 34.9 Å². The summed E-state index contributed by atoms with van der Waals surface area (Å²) in [5.41, 5.74) is 1.00. The molecule has 2 aromatic carbocycles. The van der Waals surface area contributed by atoms with Gasteiger partial charge in [0.1, 0.15) is 11.6 Å². The number of hydrogen-bond acceptors (Lipinski definition) is 5. The normalized spacial score (nSPS) is 15.5. The van der Waals surface area contributed by atoms with Crippen LogP contribution in [0.3, 0.4) is 0 Å². The second-order valence-corrected chi connectivity index (χ2v) is 7.98. The second kappa shape index (κ2) is 8.92. The van der Waals surface area contributed by atoms with Crippen LogP contribution in [0.25, 0.3) is 5.69 Å². The summed E-state index contributed by atoms with van der Waals surface area (Å²) in [6, 6.07) is 13.0. The van der Waals surface area contributed by atoms with E-state index in [2.05, 4.69) is 15.1 Å². The number of halogens is 2. The van der Waals surface area contributed by atoms with Crippen molar-refractivity contribution in [2.75, 3.05) is 23.7 Å². The number of benzene rings is 2. The highest BCUT2D eigenvalue weighted by Gasteiger charge is 2.23. The van der Waals surface area contributed by atoms with Gasteiger partial charge in [-0.2, -0.15) is 0 Å². The predicted molar refractivity (Wildman–Crippen MR) is 109 cm³/mol. The lowest BCUT2D eigenvalue weighted by Gasteiger charge is -2.27. The maximum atomic E-state index is 14.0. The zero-order chi connectivity index (χ0) is 20.2. The van der Waals surface area contributed by atoms with Crippen LogP contribution in [0.4, 0.5) is 14.7 Å². The van der Waals surface area contributed by atoms with Crippen molar-refractivity contribution in [3.8, 4) is 5.69 Å². The fourth-order valence-electron chi connectivity index (χ4n) is 3.47. The third kappa shape index (κ3) is 4.43. The first kappa shape index (κ1) is 19.8. The van der Waals surface area contributed by atoms with Gasteiger partial charge in [-0.05, 0) is 37.5 Å². The monoisotopic (exact) mass is 416 g/mol. The Morgan fingerprint density at radius 3 is 2.48 bits per heavy atom. The Hall–Kier alpha value is -2.45. The van der Waals surface area contributed by atoms with E-state index >= 15 is 0 Å². The van der Waals surface area contributed by atoms with Crippen LogP contribution in [0.5, 0.6) is 0 Å². The third-order valence-electron chi connectivity index (χ3n) is 4.96. The smallest absolute Gasteiger partial charge is 0.232 e. The molecule has 1 aliphatic heterocycles. The minimum atomic E-state index is -1.08. The van der Waals surface area contributed by atoms with E-state index in [-0.39, 0.29) is 11.3 Å². The lowest BCUT2D eigenvalue weighted by atomic mass is 10.1. The first-order valence-corrected chi connectivity index (χ1v) is 10.6. The summed E-state index contributed by atoms with van der Waals surface area (Å²) in [7, 11) is 0. The molecule has 1 aromatic heterocycles. The van der Waals surface area contributed by atoms with Crippen molar-refractivity contribution in [2.45, 2.75) is 30.5 Å². The number of nitrogens with zero attached hydrogens (tertiary/aromatic N) is 4. The van der Waals surface area contributed by atoms with Crippen molar-refractivity contribution in [3.63, 3.8) is 0 Å². The van der Waals surface area contributed by atoms with E-state index < -0.39 is 17.7 Å². The molecule has 152 valence electrons. The Bertz CT molecular complexity index is 961. The molecular formula is C21H22F2N4OS. The molecule has 0 saturated carbocycles. The van der Waals surface area contributed by atoms with Gasteiger partial charge in [-0.15, -0.1) is 10.2 Å². The SMILES string of the molecule is OC(CSc1nnc(N2CCCCC2)n1-c1ccccc1)c1ccc(F)cc1F. The fraction of sp³-hybridized carbons (Fsp3) is 0.333. The highest BCUT2D eigenvalue weighted by molar-refractivity contribution is 7.99. The van der Waals surface area contributed by atoms with Gasteiger partial charge < -0.3 is 10.0 Å². The summed E-state index contributed by atoms with van der Waals surface area (Å²) in [5, 5.41) is 19.8. The van der Waals surface area contributed by atoms with Crippen molar-refractivity contribution < 1.29 is 13.9 Å². The van der Waals surface area contributed by atoms with Gasteiger partial charge in [-0.1, -0.05) is 36.0 Å². The predicted octanol–water partition coefficient (Wildman–Crippen LogP) is 4.36. The number of rotatable bonds is 6. The molecule has 29 heavy (non-hydrogen) atoms. The van der Waals surface area contributed by atoms with Crippen LogP contribution in [-0.2, 0) is 0 Å². The summed E-state index contributed by atoms with van der Waals surface area (Å²) in [5.74, 6) is -0.466. The lowest BCUT2D eigenvalue weighted by Crippen LogP contribution is -2.31. The molecule has 4 rings (SSSR count). The summed E-state index contributed by atoms with van der Waals surface area (Å²) in [6.07, 6.45) is 2.37. The molecule has 1 unspecified atom stereocenters. The van der Waals surface area contributed by atoms with Gasteiger partial charge in [0.05, 0.1) is 11.8 Å². The number of para-hydroxylation sites is 1. The summed E-state index contributed by atoms with van der Waals surface area (Å²) < 4.78 is 29.1. The molecule has 1 atom stereocenters. The molecule has 1 aliphatic rings. The van der Waals surface area contributed by atoms with E-state index in [1.54, 1.807) is 0 Å². The van der Waals surface area contributed by atoms with Crippen molar-refractivity contribution >= 4 is 17.7 Å². The van der Waals surface area contributed by atoms with Crippen molar-refractivity contribution in [1.82, 2.24) is 14.8 Å². The van der Waals surface area contributed by atoms with E-state index in [9.17, 15) is 13.9 Å². The first-order chi connectivity index (χ1) is 14.1. The second-order valence-electron chi connectivity index (χ2n) is 6.99. The van der Waals surface area contributed by atoms with Gasteiger partial charge >= 0.3 is 0 Å². The van der Waals surface area contributed by atoms with Gasteiger partial charge in [0.15, 0.2) is 5.16 Å². The van der Waals surface area contributed by atoms with Gasteiger partial charge in [0, 0.05) is 30.5 Å². The standard InChI is InChI=1S/C21H22F2N4OS/c22-15-9-10-17(18(23)13-15)19(28)14-29-21-25-24-20(26-11-5-2-6-12-26)27(21)16-7-3-1-4-8-16/h1,3-4,7-10,13,19,28H,2,5-6,11-12,14H2. The minimum absolute atomic E-state index is 0.0703. The molecule has 1 saturated heterocycles. The maximum absolute atomic E-state index is 14.0. The zero-order valence-corrected chi connectivity index (χ0v) is 16.7. The Morgan fingerprint density at radius 2 is 1.76 bits per heavy atom. The van der Waals surface area contributed by atoms with Gasteiger partial charge in [-0.3, -0.25) is 4.57 Å².